The summed E-state index contributed by atoms with van der Waals surface area (Å²) in [7, 11) is -1.62. The van der Waals surface area contributed by atoms with Crippen LogP contribution in [0.5, 0.6) is 0 Å². The van der Waals surface area contributed by atoms with Crippen LogP contribution in [0, 0.1) is 0 Å². The molecule has 0 aliphatic carbocycles. The summed E-state index contributed by atoms with van der Waals surface area (Å²) >= 11 is 7.92. The maximum Gasteiger partial charge on any atom is 0.422 e. The Balaban J connectivity index is 1.91. The summed E-state index contributed by atoms with van der Waals surface area (Å²) in [6, 6.07) is 12.8. The van der Waals surface area contributed by atoms with Crippen molar-refractivity contribution >= 4 is 62.0 Å². The van der Waals surface area contributed by atoms with Gasteiger partial charge in [-0.3, -0.25) is 4.98 Å². The zero-order valence-corrected chi connectivity index (χ0v) is 25.3. The van der Waals surface area contributed by atoms with Gasteiger partial charge < -0.3 is 15.3 Å². The SMILES string of the molecule is CC(C)(O)c1ccnc(-c2cccc3cc([C@H](NS(=O)C(C)(C)C)c4nc(N(C(=O)O)C(=O)O)ccc4Cl)sc23)c1. The first kappa shape index (κ1) is 30.5. The molecule has 41 heavy (non-hydrogen) atoms. The van der Waals surface area contributed by atoms with Gasteiger partial charge in [0.1, 0.15) is 5.82 Å². The van der Waals surface area contributed by atoms with Crippen LogP contribution in [0.25, 0.3) is 21.3 Å². The fourth-order valence-corrected chi connectivity index (χ4v) is 6.30. The van der Waals surface area contributed by atoms with E-state index in [0.29, 0.717) is 16.1 Å². The van der Waals surface area contributed by atoms with Crippen molar-refractivity contribution in [2.24, 2.45) is 0 Å². The molecule has 0 radical (unpaired) electrons. The number of benzene rings is 1. The van der Waals surface area contributed by atoms with Crippen LogP contribution >= 0.6 is 22.9 Å². The smallest absolute Gasteiger partial charge is 0.422 e. The highest BCUT2D eigenvalue weighted by atomic mass is 35.5. The summed E-state index contributed by atoms with van der Waals surface area (Å²) in [5.41, 5.74) is 1.22. The van der Waals surface area contributed by atoms with E-state index < -0.39 is 39.6 Å². The van der Waals surface area contributed by atoms with Gasteiger partial charge in [-0.25, -0.2) is 23.5 Å². The van der Waals surface area contributed by atoms with E-state index in [9.17, 15) is 29.1 Å². The Morgan fingerprint density at radius 2 is 1.73 bits per heavy atom. The van der Waals surface area contributed by atoms with Crippen molar-refractivity contribution in [1.29, 1.82) is 0 Å². The Hall–Kier alpha value is -3.42. The monoisotopic (exact) mass is 616 g/mol. The third kappa shape index (κ3) is 6.57. The van der Waals surface area contributed by atoms with Gasteiger partial charge in [0.2, 0.25) is 0 Å². The van der Waals surface area contributed by atoms with Gasteiger partial charge in [-0.05, 0) is 75.9 Å². The molecule has 3 aromatic heterocycles. The molecule has 1 aromatic carbocycles. The van der Waals surface area contributed by atoms with Crippen LogP contribution in [0.15, 0.2) is 54.7 Å². The molecule has 4 rings (SSSR count). The van der Waals surface area contributed by atoms with E-state index in [2.05, 4.69) is 14.7 Å². The van der Waals surface area contributed by atoms with E-state index in [1.54, 1.807) is 46.9 Å². The summed E-state index contributed by atoms with van der Waals surface area (Å²) in [5.74, 6) is -0.368. The third-order valence-corrected chi connectivity index (χ3v) is 9.25. The highest BCUT2D eigenvalue weighted by Gasteiger charge is 2.31. The third-order valence-electron chi connectivity index (χ3n) is 6.11. The maximum atomic E-state index is 13.3. The number of halogens is 1. The number of hydrogen-bond donors (Lipinski definition) is 4. The number of pyridine rings is 2. The molecular weight excluding hydrogens is 588 g/mol. The Morgan fingerprint density at radius 3 is 2.34 bits per heavy atom. The van der Waals surface area contributed by atoms with Gasteiger partial charge in [-0.2, -0.15) is 4.90 Å². The second kappa shape index (κ2) is 11.5. The van der Waals surface area contributed by atoms with Gasteiger partial charge >= 0.3 is 12.2 Å². The Kier molecular flexibility index (Phi) is 8.53. The van der Waals surface area contributed by atoms with E-state index >= 15 is 0 Å². The molecule has 4 N–H and O–H groups in total. The largest absolute Gasteiger partial charge is 0.464 e. The number of rotatable bonds is 7. The second-order valence-corrected chi connectivity index (χ2v) is 14.2. The number of anilines is 1. The van der Waals surface area contributed by atoms with Crippen molar-refractivity contribution in [3.05, 3.63) is 75.9 Å². The average molecular weight is 617 g/mol. The predicted octanol–water partition coefficient (Wildman–Crippen LogP) is 6.54. The molecule has 0 aliphatic heterocycles. The number of nitrogens with one attached hydrogen (secondary N) is 1. The molecule has 0 saturated heterocycles. The molecule has 13 heteroatoms. The highest BCUT2D eigenvalue weighted by Crippen LogP contribution is 2.40. The topological polar surface area (TPSA) is 153 Å². The zero-order valence-electron chi connectivity index (χ0n) is 22.9. The Labute approximate surface area is 248 Å². The molecule has 1 unspecified atom stereocenters. The average Bonchev–Trinajstić information content (AvgIpc) is 3.31. The molecule has 216 valence electrons. The van der Waals surface area contributed by atoms with Crippen LogP contribution in [0.2, 0.25) is 5.02 Å². The van der Waals surface area contributed by atoms with Gasteiger partial charge in [0.05, 0.1) is 43.8 Å². The van der Waals surface area contributed by atoms with Crippen molar-refractivity contribution in [2.45, 2.75) is 51.0 Å². The summed E-state index contributed by atoms with van der Waals surface area (Å²) in [5, 5.41) is 30.4. The fraction of sp³-hybridized carbons (Fsp3) is 0.286. The van der Waals surface area contributed by atoms with Crippen LogP contribution in [-0.4, -0.2) is 46.4 Å². The lowest BCUT2D eigenvalue weighted by molar-refractivity contribution is 0.0785. The lowest BCUT2D eigenvalue weighted by atomic mass is 9.97. The van der Waals surface area contributed by atoms with E-state index in [4.69, 9.17) is 11.6 Å². The lowest BCUT2D eigenvalue weighted by Gasteiger charge is -2.24. The van der Waals surface area contributed by atoms with Crippen molar-refractivity contribution in [3.63, 3.8) is 0 Å². The number of carbonyl (C=O) groups is 2. The number of imide groups is 1. The van der Waals surface area contributed by atoms with Gasteiger partial charge in [0.25, 0.3) is 0 Å². The van der Waals surface area contributed by atoms with Crippen LogP contribution in [0.1, 0.15) is 56.8 Å². The number of thiophene rings is 1. The molecular formula is C28H29ClN4O6S2. The summed E-state index contributed by atoms with van der Waals surface area (Å²) in [6.07, 6.45) is -1.82. The normalized spacial score (nSPS) is 13.6. The van der Waals surface area contributed by atoms with Gasteiger partial charge in [-0.15, -0.1) is 11.3 Å². The van der Waals surface area contributed by atoms with Crippen molar-refractivity contribution in [2.75, 3.05) is 4.90 Å². The molecule has 10 nitrogen and oxygen atoms in total. The standard InChI is InChI=1S/C28H29ClN4O6S2/c1-27(2,3)41(39)32-23(22-18(29)9-10-21(31-22)33(25(34)35)26(36)37)20-13-15-7-6-8-17(24(15)40-20)19-14-16(11-12-30-19)28(4,5)38/h6-14,23,32,38H,1-5H3,(H,34,35)(H,36,37)/t23-,41?/m0/s1. The molecule has 0 spiro atoms. The van der Waals surface area contributed by atoms with E-state index in [0.717, 1.165) is 15.6 Å². The maximum absolute atomic E-state index is 13.3. The Bertz CT molecular complexity index is 1650. The van der Waals surface area contributed by atoms with E-state index in [1.807, 2.05) is 30.3 Å². The molecule has 4 aromatic rings. The Morgan fingerprint density at radius 1 is 1.05 bits per heavy atom. The number of carboxylic acid groups (broad SMARTS) is 2. The minimum absolute atomic E-state index is 0.0853. The first-order chi connectivity index (χ1) is 19.1. The van der Waals surface area contributed by atoms with Gasteiger partial charge in [0, 0.05) is 21.3 Å². The quantitative estimate of drug-likeness (QED) is 0.182. The van der Waals surface area contributed by atoms with Crippen LogP contribution < -0.4 is 9.62 Å². The van der Waals surface area contributed by atoms with E-state index in [1.165, 1.54) is 23.5 Å². The molecule has 0 bridgehead atoms. The molecule has 0 aliphatic rings. The molecule has 2 atom stereocenters. The molecule has 2 amide bonds. The minimum atomic E-state index is -1.73. The van der Waals surface area contributed by atoms with Crippen molar-refractivity contribution < 1.29 is 29.1 Å². The van der Waals surface area contributed by atoms with Gasteiger partial charge in [-0.1, -0.05) is 29.8 Å². The molecule has 3 heterocycles. The van der Waals surface area contributed by atoms with Crippen molar-refractivity contribution in [3.8, 4) is 11.3 Å². The van der Waals surface area contributed by atoms with Gasteiger partial charge in [0.15, 0.2) is 0 Å². The summed E-state index contributed by atoms with van der Waals surface area (Å²) in [4.78, 5) is 32.9. The van der Waals surface area contributed by atoms with E-state index in [-0.39, 0.29) is 21.4 Å². The molecule has 0 saturated carbocycles. The number of nitrogens with zero attached hydrogens (tertiary/aromatic N) is 3. The summed E-state index contributed by atoms with van der Waals surface area (Å²) in [6.45, 7) is 8.77. The fourth-order valence-electron chi connectivity index (χ4n) is 3.97. The summed E-state index contributed by atoms with van der Waals surface area (Å²) < 4.78 is 16.6. The zero-order chi connectivity index (χ0) is 30.3. The number of amides is 2. The number of hydrogen-bond acceptors (Lipinski definition) is 7. The second-order valence-electron chi connectivity index (χ2n) is 10.7. The number of aromatic nitrogens is 2. The minimum Gasteiger partial charge on any atom is -0.464 e. The predicted molar refractivity (Wildman–Crippen MR) is 161 cm³/mol. The van der Waals surface area contributed by atoms with Crippen LogP contribution in [0.3, 0.4) is 0 Å². The van der Waals surface area contributed by atoms with Crippen molar-refractivity contribution in [1.82, 2.24) is 14.7 Å². The number of fused-ring (bicyclic) bond motifs is 1. The first-order valence-electron chi connectivity index (χ1n) is 12.4. The lowest BCUT2D eigenvalue weighted by Crippen LogP contribution is -2.37. The first-order valence-corrected chi connectivity index (χ1v) is 14.7. The molecule has 0 fully saturated rings. The number of aliphatic hydroxyl groups is 1. The van der Waals surface area contributed by atoms with Crippen LogP contribution in [-0.2, 0) is 16.6 Å². The van der Waals surface area contributed by atoms with Crippen LogP contribution in [0.4, 0.5) is 15.4 Å². The highest BCUT2D eigenvalue weighted by molar-refractivity contribution is 7.84.